The molecule has 2 atom stereocenters. The topological polar surface area (TPSA) is 47.7 Å². The molecule has 0 aromatic heterocycles. The lowest BCUT2D eigenvalue weighted by molar-refractivity contribution is 0.114. The number of hydrogen-bond acceptors (Lipinski definition) is 4. The maximum Gasteiger partial charge on any atom is 0.161 e. The van der Waals surface area contributed by atoms with Crippen LogP contribution in [0.15, 0.2) is 24.3 Å². The van der Waals surface area contributed by atoms with Crippen LogP contribution >= 0.6 is 0 Å². The molecule has 20 heavy (non-hydrogen) atoms. The van der Waals surface area contributed by atoms with Crippen LogP contribution in [-0.4, -0.2) is 44.8 Å². The molecule has 1 heterocycles. The van der Waals surface area contributed by atoms with Gasteiger partial charge in [-0.05, 0) is 43.5 Å². The van der Waals surface area contributed by atoms with E-state index >= 15 is 0 Å². The van der Waals surface area contributed by atoms with Gasteiger partial charge in [-0.1, -0.05) is 19.1 Å². The van der Waals surface area contributed by atoms with Gasteiger partial charge in [0.25, 0.3) is 0 Å². The minimum atomic E-state index is 0.681. The van der Waals surface area contributed by atoms with Crippen LogP contribution in [0.5, 0.6) is 11.5 Å². The van der Waals surface area contributed by atoms with Gasteiger partial charge in [0, 0.05) is 13.1 Å². The lowest BCUT2D eigenvalue weighted by Gasteiger charge is -2.36. The molecule has 1 aromatic rings. The van der Waals surface area contributed by atoms with Gasteiger partial charge in [-0.15, -0.1) is 0 Å². The van der Waals surface area contributed by atoms with Crippen molar-refractivity contribution in [3.8, 4) is 11.5 Å². The Labute approximate surface area is 121 Å². The summed E-state index contributed by atoms with van der Waals surface area (Å²) >= 11 is 0. The summed E-state index contributed by atoms with van der Waals surface area (Å²) in [5.41, 5.74) is 5.79. The summed E-state index contributed by atoms with van der Waals surface area (Å²) in [7, 11) is 1.67. The highest BCUT2D eigenvalue weighted by molar-refractivity contribution is 5.39. The first-order valence-corrected chi connectivity index (χ1v) is 7.42. The number of hydrogen-bond donors (Lipinski definition) is 1. The molecular formula is C16H26N2O2. The van der Waals surface area contributed by atoms with Gasteiger partial charge < -0.3 is 15.2 Å². The molecule has 0 saturated carbocycles. The summed E-state index contributed by atoms with van der Waals surface area (Å²) in [5.74, 6) is 2.98. The first kappa shape index (κ1) is 15.1. The minimum absolute atomic E-state index is 0.681. The predicted molar refractivity (Wildman–Crippen MR) is 81.3 cm³/mol. The summed E-state index contributed by atoms with van der Waals surface area (Å²) in [6.07, 6.45) is 1.20. The van der Waals surface area contributed by atoms with Gasteiger partial charge in [0.05, 0.1) is 7.11 Å². The molecule has 2 rings (SSSR count). The normalized spacial score (nSPS) is 23.6. The van der Waals surface area contributed by atoms with E-state index < -0.39 is 0 Å². The van der Waals surface area contributed by atoms with E-state index in [1.807, 2.05) is 24.3 Å². The van der Waals surface area contributed by atoms with Crippen LogP contribution in [0.3, 0.4) is 0 Å². The molecule has 2 N–H and O–H groups in total. The number of piperidine rings is 1. The number of benzene rings is 1. The summed E-state index contributed by atoms with van der Waals surface area (Å²) in [6, 6.07) is 7.78. The summed E-state index contributed by atoms with van der Waals surface area (Å²) in [6.45, 7) is 7.01. The molecule has 112 valence electrons. The Hall–Kier alpha value is -1.26. The maximum atomic E-state index is 5.83. The standard InChI is InChI=1S/C16H26N2O2/c1-13-12-18(8-7-14(13)11-17)9-10-20-16-6-4-3-5-15(16)19-2/h3-6,13-14H,7-12,17H2,1-2H3. The van der Waals surface area contributed by atoms with E-state index in [1.54, 1.807) is 7.11 Å². The second kappa shape index (κ2) is 7.50. The average Bonchev–Trinajstić information content (AvgIpc) is 2.48. The number of ether oxygens (including phenoxy) is 2. The second-order valence-corrected chi connectivity index (χ2v) is 5.56. The third kappa shape index (κ3) is 3.87. The first-order valence-electron chi connectivity index (χ1n) is 7.42. The highest BCUT2D eigenvalue weighted by Crippen LogP contribution is 2.26. The van der Waals surface area contributed by atoms with Crippen molar-refractivity contribution in [2.75, 3.05) is 39.9 Å². The van der Waals surface area contributed by atoms with E-state index in [1.165, 1.54) is 6.42 Å². The third-order valence-corrected chi connectivity index (χ3v) is 4.20. The SMILES string of the molecule is COc1ccccc1OCCN1CCC(CN)C(C)C1. The smallest absolute Gasteiger partial charge is 0.161 e. The average molecular weight is 278 g/mol. The van der Waals surface area contributed by atoms with E-state index in [4.69, 9.17) is 15.2 Å². The molecule has 0 aliphatic carbocycles. The van der Waals surface area contributed by atoms with E-state index in [9.17, 15) is 0 Å². The molecule has 0 radical (unpaired) electrons. The Kier molecular flexibility index (Phi) is 5.68. The highest BCUT2D eigenvalue weighted by atomic mass is 16.5. The van der Waals surface area contributed by atoms with Crippen molar-refractivity contribution in [1.82, 2.24) is 4.90 Å². The van der Waals surface area contributed by atoms with Crippen LogP contribution in [0.2, 0.25) is 0 Å². The van der Waals surface area contributed by atoms with Gasteiger partial charge in [0.1, 0.15) is 6.61 Å². The van der Waals surface area contributed by atoms with Crippen molar-refractivity contribution in [2.24, 2.45) is 17.6 Å². The van der Waals surface area contributed by atoms with Gasteiger partial charge in [0.15, 0.2) is 11.5 Å². The lowest BCUT2D eigenvalue weighted by Crippen LogP contribution is -2.43. The molecule has 1 aliphatic rings. The number of rotatable bonds is 6. The quantitative estimate of drug-likeness (QED) is 0.864. The molecule has 4 heteroatoms. The Balaban J connectivity index is 1.76. The fourth-order valence-electron chi connectivity index (χ4n) is 2.86. The number of likely N-dealkylation sites (tertiary alicyclic amines) is 1. The van der Waals surface area contributed by atoms with E-state index in [2.05, 4.69) is 11.8 Å². The monoisotopic (exact) mass is 278 g/mol. The molecule has 0 spiro atoms. The molecule has 0 bridgehead atoms. The van der Waals surface area contributed by atoms with Crippen molar-refractivity contribution in [1.29, 1.82) is 0 Å². The molecule has 4 nitrogen and oxygen atoms in total. The van der Waals surface area contributed by atoms with Crippen LogP contribution < -0.4 is 15.2 Å². The Morgan fingerprint density at radius 3 is 2.70 bits per heavy atom. The number of methoxy groups -OCH3 is 1. The largest absolute Gasteiger partial charge is 0.493 e. The summed E-state index contributed by atoms with van der Waals surface area (Å²) < 4.78 is 11.1. The predicted octanol–water partition coefficient (Wildman–Crippen LogP) is 1.99. The fraction of sp³-hybridized carbons (Fsp3) is 0.625. The zero-order chi connectivity index (χ0) is 14.4. The molecule has 1 fully saturated rings. The second-order valence-electron chi connectivity index (χ2n) is 5.56. The van der Waals surface area contributed by atoms with Crippen molar-refractivity contribution in [3.05, 3.63) is 24.3 Å². The molecule has 1 aromatic carbocycles. The fourth-order valence-corrected chi connectivity index (χ4v) is 2.86. The Morgan fingerprint density at radius 1 is 1.30 bits per heavy atom. The lowest BCUT2D eigenvalue weighted by atomic mass is 9.87. The number of nitrogens with two attached hydrogens (primary N) is 1. The van der Waals surface area contributed by atoms with Crippen LogP contribution in [0.4, 0.5) is 0 Å². The number of para-hydroxylation sites is 2. The van der Waals surface area contributed by atoms with E-state index in [-0.39, 0.29) is 0 Å². The number of nitrogens with zero attached hydrogens (tertiary/aromatic N) is 1. The zero-order valence-electron chi connectivity index (χ0n) is 12.5. The van der Waals surface area contributed by atoms with Crippen LogP contribution in [-0.2, 0) is 0 Å². The third-order valence-electron chi connectivity index (χ3n) is 4.20. The molecule has 1 aliphatic heterocycles. The minimum Gasteiger partial charge on any atom is -0.493 e. The highest BCUT2D eigenvalue weighted by Gasteiger charge is 2.24. The van der Waals surface area contributed by atoms with Crippen LogP contribution in [0.25, 0.3) is 0 Å². The Bertz CT molecular complexity index is 411. The first-order chi connectivity index (χ1) is 9.74. The molecule has 1 saturated heterocycles. The Morgan fingerprint density at radius 2 is 2.05 bits per heavy atom. The van der Waals surface area contributed by atoms with Gasteiger partial charge >= 0.3 is 0 Å². The van der Waals surface area contributed by atoms with Gasteiger partial charge in [-0.3, -0.25) is 4.90 Å². The van der Waals surface area contributed by atoms with Gasteiger partial charge in [0.2, 0.25) is 0 Å². The molecule has 2 unspecified atom stereocenters. The van der Waals surface area contributed by atoms with Crippen LogP contribution in [0, 0.1) is 11.8 Å². The van der Waals surface area contributed by atoms with Gasteiger partial charge in [-0.25, -0.2) is 0 Å². The molecular weight excluding hydrogens is 252 g/mol. The summed E-state index contributed by atoms with van der Waals surface area (Å²) in [4.78, 5) is 2.46. The van der Waals surface area contributed by atoms with Crippen molar-refractivity contribution >= 4 is 0 Å². The van der Waals surface area contributed by atoms with Crippen molar-refractivity contribution < 1.29 is 9.47 Å². The summed E-state index contributed by atoms with van der Waals surface area (Å²) in [5, 5.41) is 0. The zero-order valence-corrected chi connectivity index (χ0v) is 12.5. The van der Waals surface area contributed by atoms with E-state index in [0.29, 0.717) is 18.4 Å². The maximum absolute atomic E-state index is 5.83. The van der Waals surface area contributed by atoms with Crippen molar-refractivity contribution in [3.63, 3.8) is 0 Å². The molecule has 0 amide bonds. The van der Waals surface area contributed by atoms with Crippen molar-refractivity contribution in [2.45, 2.75) is 13.3 Å². The van der Waals surface area contributed by atoms with Gasteiger partial charge in [-0.2, -0.15) is 0 Å². The van der Waals surface area contributed by atoms with E-state index in [0.717, 1.165) is 37.7 Å². The van der Waals surface area contributed by atoms with Crippen LogP contribution in [0.1, 0.15) is 13.3 Å².